The van der Waals surface area contributed by atoms with Gasteiger partial charge in [-0.2, -0.15) is 11.8 Å². The van der Waals surface area contributed by atoms with Crippen molar-refractivity contribution in [3.05, 3.63) is 0 Å². The van der Waals surface area contributed by atoms with Gasteiger partial charge in [0.05, 0.1) is 0 Å². The Balaban J connectivity index is 1.89. The Morgan fingerprint density at radius 3 is 2.76 bits per heavy atom. The molecule has 1 aliphatic carbocycles. The van der Waals surface area contributed by atoms with Gasteiger partial charge in [-0.3, -0.25) is 4.79 Å². The third-order valence-electron chi connectivity index (χ3n) is 3.75. The second kappa shape index (κ2) is 5.16. The molecule has 1 heterocycles. The lowest BCUT2D eigenvalue weighted by Crippen LogP contribution is -2.54. The van der Waals surface area contributed by atoms with E-state index in [1.807, 2.05) is 11.8 Å². The number of carbonyl (C=O) groups excluding carboxylic acids is 1. The van der Waals surface area contributed by atoms with E-state index in [2.05, 4.69) is 10.5 Å². The Morgan fingerprint density at radius 2 is 2.29 bits per heavy atom. The second-order valence-electron chi connectivity index (χ2n) is 4.77. The first kappa shape index (κ1) is 12.5. The van der Waals surface area contributed by atoms with Gasteiger partial charge in [0, 0.05) is 11.8 Å². The lowest BCUT2D eigenvalue weighted by molar-refractivity contribution is -0.131. The molecule has 0 radical (unpaired) electrons. The van der Waals surface area contributed by atoms with Crippen LogP contribution in [0, 0.1) is 5.41 Å². The number of nitrogens with zero attached hydrogens (tertiary/aromatic N) is 1. The van der Waals surface area contributed by atoms with Gasteiger partial charge in [0.1, 0.15) is 5.41 Å². The topological polar surface area (TPSA) is 87.7 Å². The van der Waals surface area contributed by atoms with Gasteiger partial charge in [-0.05, 0) is 31.4 Å². The number of rotatable bonds is 4. The van der Waals surface area contributed by atoms with Crippen LogP contribution in [-0.4, -0.2) is 34.5 Å². The highest BCUT2D eigenvalue weighted by Crippen LogP contribution is 2.41. The molecule has 1 aliphatic heterocycles. The van der Waals surface area contributed by atoms with Crippen molar-refractivity contribution >= 4 is 23.5 Å². The molecular formula is C11H19N3O2S. The van der Waals surface area contributed by atoms with Gasteiger partial charge in [-0.1, -0.05) is 11.6 Å². The van der Waals surface area contributed by atoms with Crippen LogP contribution in [0.4, 0.5) is 0 Å². The average Bonchev–Trinajstić information content (AvgIpc) is 2.77. The molecule has 5 nitrogen and oxygen atoms in total. The van der Waals surface area contributed by atoms with E-state index < -0.39 is 5.41 Å². The summed E-state index contributed by atoms with van der Waals surface area (Å²) in [5.74, 6) is 1.17. The quantitative estimate of drug-likeness (QED) is 0.302. The molecular weight excluding hydrogens is 238 g/mol. The van der Waals surface area contributed by atoms with E-state index in [0.29, 0.717) is 24.6 Å². The summed E-state index contributed by atoms with van der Waals surface area (Å²) in [5, 5.41) is 15.2. The maximum Gasteiger partial charge on any atom is 0.233 e. The van der Waals surface area contributed by atoms with Crippen LogP contribution in [-0.2, 0) is 4.79 Å². The Hall–Kier alpha value is -0.910. The second-order valence-corrected chi connectivity index (χ2v) is 6.17. The molecule has 2 rings (SSSR count). The van der Waals surface area contributed by atoms with Crippen LogP contribution < -0.4 is 11.1 Å². The molecule has 2 aliphatic rings. The highest BCUT2D eigenvalue weighted by atomic mass is 32.2. The first-order valence-electron chi connectivity index (χ1n) is 6.07. The predicted molar refractivity (Wildman–Crippen MR) is 68.2 cm³/mol. The predicted octanol–water partition coefficient (Wildman–Crippen LogP) is 0.915. The molecule has 17 heavy (non-hydrogen) atoms. The Labute approximate surface area is 105 Å². The molecule has 6 heteroatoms. The number of amides is 1. The van der Waals surface area contributed by atoms with Gasteiger partial charge >= 0.3 is 0 Å². The van der Waals surface area contributed by atoms with Crippen molar-refractivity contribution in [3.8, 4) is 0 Å². The molecule has 1 saturated carbocycles. The van der Waals surface area contributed by atoms with Gasteiger partial charge in [0.2, 0.25) is 5.91 Å². The van der Waals surface area contributed by atoms with Crippen LogP contribution in [0.3, 0.4) is 0 Å². The smallest absolute Gasteiger partial charge is 0.233 e. The largest absolute Gasteiger partial charge is 0.409 e. The van der Waals surface area contributed by atoms with Gasteiger partial charge < -0.3 is 16.3 Å². The van der Waals surface area contributed by atoms with E-state index in [1.54, 1.807) is 0 Å². The van der Waals surface area contributed by atoms with Gasteiger partial charge in [0.25, 0.3) is 0 Å². The minimum Gasteiger partial charge on any atom is -0.409 e. The van der Waals surface area contributed by atoms with E-state index in [0.717, 1.165) is 6.42 Å². The molecule has 2 fully saturated rings. The summed E-state index contributed by atoms with van der Waals surface area (Å²) in [6.45, 7) is 0.698. The third kappa shape index (κ3) is 2.36. The molecule has 1 saturated heterocycles. The van der Waals surface area contributed by atoms with E-state index in [4.69, 9.17) is 10.9 Å². The SMILES string of the molecule is NC(=NO)C1(C(=O)NCC2CCCS2)CCC1. The molecule has 1 unspecified atom stereocenters. The Morgan fingerprint density at radius 1 is 1.53 bits per heavy atom. The van der Waals surface area contributed by atoms with Crippen molar-refractivity contribution in [3.63, 3.8) is 0 Å². The number of nitrogens with one attached hydrogen (secondary N) is 1. The summed E-state index contributed by atoms with van der Waals surface area (Å²) in [6, 6.07) is 0. The molecule has 1 amide bonds. The van der Waals surface area contributed by atoms with Gasteiger partial charge in [-0.15, -0.1) is 0 Å². The van der Waals surface area contributed by atoms with Crippen LogP contribution >= 0.6 is 11.8 Å². The molecule has 0 bridgehead atoms. The molecule has 0 spiro atoms. The van der Waals surface area contributed by atoms with Crippen LogP contribution in [0.2, 0.25) is 0 Å². The summed E-state index contributed by atoms with van der Waals surface area (Å²) >= 11 is 1.91. The molecule has 0 aromatic heterocycles. The number of hydrogen-bond acceptors (Lipinski definition) is 4. The van der Waals surface area contributed by atoms with Crippen molar-refractivity contribution in [1.29, 1.82) is 0 Å². The van der Waals surface area contributed by atoms with E-state index in [1.165, 1.54) is 18.6 Å². The summed E-state index contributed by atoms with van der Waals surface area (Å²) in [6.07, 6.45) is 4.74. The number of thioether (sulfide) groups is 1. The summed E-state index contributed by atoms with van der Waals surface area (Å²) in [4.78, 5) is 12.1. The third-order valence-corrected chi connectivity index (χ3v) is 5.15. The molecule has 96 valence electrons. The van der Waals surface area contributed by atoms with Crippen LogP contribution in [0.15, 0.2) is 5.16 Å². The fourth-order valence-corrected chi connectivity index (χ4v) is 3.61. The van der Waals surface area contributed by atoms with E-state index in [9.17, 15) is 4.79 Å². The van der Waals surface area contributed by atoms with Crippen LogP contribution in [0.1, 0.15) is 32.1 Å². The standard InChI is InChI=1S/C11H19N3O2S/c12-9(14-16)11(4-2-5-11)10(15)13-7-8-3-1-6-17-8/h8,16H,1-7H2,(H2,12,14)(H,13,15). The average molecular weight is 257 g/mol. The lowest BCUT2D eigenvalue weighted by Gasteiger charge is -2.38. The zero-order valence-electron chi connectivity index (χ0n) is 9.82. The maximum atomic E-state index is 12.1. The van der Waals surface area contributed by atoms with E-state index in [-0.39, 0.29) is 11.7 Å². The number of amidine groups is 1. The fourth-order valence-electron chi connectivity index (χ4n) is 2.41. The number of carbonyl (C=O) groups is 1. The highest BCUT2D eigenvalue weighted by molar-refractivity contribution is 8.00. The lowest BCUT2D eigenvalue weighted by atomic mass is 9.67. The van der Waals surface area contributed by atoms with Crippen molar-refractivity contribution in [2.24, 2.45) is 16.3 Å². The molecule has 0 aromatic rings. The maximum absolute atomic E-state index is 12.1. The zero-order chi connectivity index (χ0) is 12.3. The Kier molecular flexibility index (Phi) is 3.81. The number of hydrogen-bond donors (Lipinski definition) is 3. The summed E-state index contributed by atoms with van der Waals surface area (Å²) < 4.78 is 0. The van der Waals surface area contributed by atoms with Crippen molar-refractivity contribution in [2.75, 3.05) is 12.3 Å². The summed E-state index contributed by atoms with van der Waals surface area (Å²) in [7, 11) is 0. The first-order valence-corrected chi connectivity index (χ1v) is 7.12. The van der Waals surface area contributed by atoms with Crippen molar-refractivity contribution < 1.29 is 10.0 Å². The van der Waals surface area contributed by atoms with Crippen LogP contribution in [0.5, 0.6) is 0 Å². The van der Waals surface area contributed by atoms with Gasteiger partial charge in [-0.25, -0.2) is 0 Å². The zero-order valence-corrected chi connectivity index (χ0v) is 10.6. The number of oxime groups is 1. The minimum absolute atomic E-state index is 0.0559. The first-order chi connectivity index (χ1) is 8.19. The van der Waals surface area contributed by atoms with E-state index >= 15 is 0 Å². The molecule has 0 aromatic carbocycles. The van der Waals surface area contributed by atoms with Crippen molar-refractivity contribution in [2.45, 2.75) is 37.4 Å². The monoisotopic (exact) mass is 257 g/mol. The molecule has 1 atom stereocenters. The van der Waals surface area contributed by atoms with Crippen LogP contribution in [0.25, 0.3) is 0 Å². The Bertz CT molecular complexity index is 323. The summed E-state index contributed by atoms with van der Waals surface area (Å²) in [5.41, 5.74) is 4.89. The highest BCUT2D eigenvalue weighted by Gasteiger charge is 2.48. The normalized spacial score (nSPS) is 27.5. The minimum atomic E-state index is -0.738. The number of nitrogens with two attached hydrogens (primary N) is 1. The van der Waals surface area contributed by atoms with Crippen molar-refractivity contribution in [1.82, 2.24) is 5.32 Å². The van der Waals surface area contributed by atoms with Gasteiger partial charge in [0.15, 0.2) is 5.84 Å². The fraction of sp³-hybridized carbons (Fsp3) is 0.818. The molecule has 4 N–H and O–H groups in total.